The number of thioether (sulfide) groups is 1. The first kappa shape index (κ1) is 20.2. The minimum Gasteiger partial charge on any atom is -0.390 e. The van der Waals surface area contributed by atoms with Crippen LogP contribution in [0.3, 0.4) is 0 Å². The molecule has 28 heavy (non-hydrogen) atoms. The van der Waals surface area contributed by atoms with Gasteiger partial charge in [0.15, 0.2) is 6.10 Å². The molecule has 0 radical (unpaired) electrons. The van der Waals surface area contributed by atoms with Crippen LogP contribution in [-0.4, -0.2) is 41.3 Å². The maximum atomic E-state index is 12.8. The predicted octanol–water partition coefficient (Wildman–Crippen LogP) is 3.55. The Bertz CT molecular complexity index is 894. The molecule has 1 aliphatic rings. The van der Waals surface area contributed by atoms with Crippen LogP contribution in [0.2, 0.25) is 0 Å². The highest BCUT2D eigenvalue weighted by molar-refractivity contribution is 8.13. The zero-order chi connectivity index (χ0) is 20.1. The van der Waals surface area contributed by atoms with Crippen molar-refractivity contribution in [3.8, 4) is 0 Å². The Labute approximate surface area is 169 Å². The largest absolute Gasteiger partial charge is 0.390 e. The quantitative estimate of drug-likeness (QED) is 0.806. The molecule has 0 aliphatic carbocycles. The molecule has 2 aromatic rings. The van der Waals surface area contributed by atoms with E-state index in [4.69, 9.17) is 4.84 Å². The molecule has 1 heterocycles. The van der Waals surface area contributed by atoms with E-state index in [1.807, 2.05) is 42.5 Å². The van der Waals surface area contributed by atoms with Crippen molar-refractivity contribution in [1.82, 2.24) is 5.32 Å². The summed E-state index contributed by atoms with van der Waals surface area (Å²) < 4.78 is 0. The summed E-state index contributed by atoms with van der Waals surface area (Å²) in [6.07, 6.45) is 0.543. The lowest BCUT2D eigenvalue weighted by molar-refractivity contribution is -0.125. The fraction of sp³-hybridized carbons (Fsp3) is 0.381. The fourth-order valence-electron chi connectivity index (χ4n) is 3.31. The van der Waals surface area contributed by atoms with E-state index in [1.165, 1.54) is 6.92 Å². The zero-order valence-electron chi connectivity index (χ0n) is 16.3. The first-order valence-electron chi connectivity index (χ1n) is 9.42. The summed E-state index contributed by atoms with van der Waals surface area (Å²) in [4.78, 5) is 32.1. The molecule has 1 unspecified atom stereocenters. The second-order valence-corrected chi connectivity index (χ2v) is 8.00. The Kier molecular flexibility index (Phi) is 6.57. The van der Waals surface area contributed by atoms with Gasteiger partial charge < -0.3 is 10.2 Å². The molecule has 7 heteroatoms. The van der Waals surface area contributed by atoms with Crippen molar-refractivity contribution in [1.29, 1.82) is 0 Å². The molecule has 0 saturated heterocycles. The van der Waals surface area contributed by atoms with Crippen molar-refractivity contribution >= 4 is 45.1 Å². The summed E-state index contributed by atoms with van der Waals surface area (Å²) in [5, 5.41) is 9.86. The molecule has 0 aromatic heterocycles. The molecular formula is C21H25N3O3S. The Morgan fingerprint density at radius 1 is 1.29 bits per heavy atom. The highest BCUT2D eigenvalue weighted by Gasteiger charge is 2.28. The minimum absolute atomic E-state index is 0.159. The number of amides is 2. The minimum atomic E-state index is -0.643. The highest BCUT2D eigenvalue weighted by Crippen LogP contribution is 2.28. The van der Waals surface area contributed by atoms with Crippen LogP contribution >= 0.6 is 11.8 Å². The van der Waals surface area contributed by atoms with E-state index < -0.39 is 6.04 Å². The number of anilines is 1. The maximum Gasteiger partial charge on any atom is 0.243 e. The molecule has 0 fully saturated rings. The lowest BCUT2D eigenvalue weighted by Gasteiger charge is -2.28. The highest BCUT2D eigenvalue weighted by atomic mass is 32.2. The van der Waals surface area contributed by atoms with Crippen LogP contribution in [0.5, 0.6) is 0 Å². The Morgan fingerprint density at radius 3 is 2.79 bits per heavy atom. The molecule has 0 spiro atoms. The van der Waals surface area contributed by atoms with Gasteiger partial charge in [0, 0.05) is 18.7 Å². The van der Waals surface area contributed by atoms with Crippen LogP contribution in [-0.2, 0) is 14.4 Å². The SMILES string of the molecule is CCSC1=NOC(CNC(=O)[C@H](C)N(C(C)=O)c2cccc3ccccc23)C1. The fourth-order valence-corrected chi connectivity index (χ4v) is 4.05. The van der Waals surface area contributed by atoms with Crippen LogP contribution in [0.15, 0.2) is 47.6 Å². The zero-order valence-corrected chi connectivity index (χ0v) is 17.2. The molecule has 6 nitrogen and oxygen atoms in total. The van der Waals surface area contributed by atoms with E-state index in [0.29, 0.717) is 13.0 Å². The molecular weight excluding hydrogens is 374 g/mol. The van der Waals surface area contributed by atoms with Crippen LogP contribution in [0.4, 0.5) is 5.69 Å². The van der Waals surface area contributed by atoms with Gasteiger partial charge in [0.25, 0.3) is 0 Å². The number of hydrogen-bond acceptors (Lipinski definition) is 5. The first-order valence-corrected chi connectivity index (χ1v) is 10.4. The number of carbonyl (C=O) groups is 2. The summed E-state index contributed by atoms with van der Waals surface area (Å²) in [5.41, 5.74) is 0.732. The number of carbonyl (C=O) groups excluding carboxylic acids is 2. The number of nitrogens with one attached hydrogen (secondary N) is 1. The molecule has 0 bridgehead atoms. The smallest absolute Gasteiger partial charge is 0.243 e. The van der Waals surface area contributed by atoms with Crippen LogP contribution in [0, 0.1) is 0 Å². The van der Waals surface area contributed by atoms with Gasteiger partial charge in [0.05, 0.1) is 12.2 Å². The van der Waals surface area contributed by atoms with Crippen molar-refractivity contribution in [3.05, 3.63) is 42.5 Å². The summed E-state index contributed by atoms with van der Waals surface area (Å²) >= 11 is 1.65. The van der Waals surface area contributed by atoms with Gasteiger partial charge in [-0.3, -0.25) is 14.5 Å². The number of nitrogens with zero attached hydrogens (tertiary/aromatic N) is 2. The molecule has 1 N–H and O–H groups in total. The Morgan fingerprint density at radius 2 is 2.04 bits per heavy atom. The van der Waals surface area contributed by atoms with E-state index in [0.717, 1.165) is 27.3 Å². The van der Waals surface area contributed by atoms with Crippen molar-refractivity contribution in [2.75, 3.05) is 17.2 Å². The lowest BCUT2D eigenvalue weighted by Crippen LogP contribution is -2.49. The van der Waals surface area contributed by atoms with Crippen molar-refractivity contribution < 1.29 is 14.4 Å². The van der Waals surface area contributed by atoms with E-state index in [9.17, 15) is 9.59 Å². The van der Waals surface area contributed by atoms with Gasteiger partial charge in [-0.1, -0.05) is 48.5 Å². The molecule has 148 valence electrons. The van der Waals surface area contributed by atoms with Crippen LogP contribution < -0.4 is 10.2 Å². The number of oxime groups is 1. The molecule has 0 saturated carbocycles. The first-order chi connectivity index (χ1) is 13.5. The summed E-state index contributed by atoms with van der Waals surface area (Å²) in [6, 6.07) is 13.0. The van der Waals surface area contributed by atoms with Crippen molar-refractivity contribution in [3.63, 3.8) is 0 Å². The van der Waals surface area contributed by atoms with E-state index in [-0.39, 0.29) is 17.9 Å². The third-order valence-electron chi connectivity index (χ3n) is 4.65. The number of rotatable bonds is 6. The maximum absolute atomic E-state index is 12.8. The standard InChI is InChI=1S/C21H25N3O3S/c1-4-28-20-12-17(27-23-20)13-22-21(26)14(2)24(15(3)25)19-11-7-9-16-8-5-6-10-18(16)19/h5-11,14,17H,4,12-13H2,1-3H3,(H,22,26)/t14-,17?/m0/s1. The third-order valence-corrected chi connectivity index (χ3v) is 5.52. The summed E-state index contributed by atoms with van der Waals surface area (Å²) in [7, 11) is 0. The molecule has 3 rings (SSSR count). The van der Waals surface area contributed by atoms with Gasteiger partial charge in [0.1, 0.15) is 11.1 Å². The van der Waals surface area contributed by atoms with Crippen LogP contribution in [0.1, 0.15) is 27.2 Å². The van der Waals surface area contributed by atoms with Crippen LogP contribution in [0.25, 0.3) is 10.8 Å². The van der Waals surface area contributed by atoms with Crippen molar-refractivity contribution in [2.45, 2.75) is 39.3 Å². The van der Waals surface area contributed by atoms with Gasteiger partial charge in [0.2, 0.25) is 11.8 Å². The average Bonchev–Trinajstić information content (AvgIpc) is 3.14. The predicted molar refractivity (Wildman–Crippen MR) is 115 cm³/mol. The molecule has 2 amide bonds. The second kappa shape index (κ2) is 9.10. The molecule has 1 aliphatic heterocycles. The Hall–Kier alpha value is -2.54. The second-order valence-electron chi connectivity index (χ2n) is 6.66. The van der Waals surface area contributed by atoms with Gasteiger partial charge in [-0.25, -0.2) is 0 Å². The van der Waals surface area contributed by atoms with E-state index in [2.05, 4.69) is 17.4 Å². The number of hydrogen-bond donors (Lipinski definition) is 1. The van der Waals surface area contributed by atoms with Gasteiger partial charge in [-0.2, -0.15) is 0 Å². The normalized spacial score (nSPS) is 17.0. The van der Waals surface area contributed by atoms with Crippen molar-refractivity contribution in [2.24, 2.45) is 5.16 Å². The van der Waals surface area contributed by atoms with Gasteiger partial charge in [-0.15, -0.1) is 11.8 Å². The average molecular weight is 400 g/mol. The molecule has 2 aromatic carbocycles. The number of benzene rings is 2. The lowest BCUT2D eigenvalue weighted by atomic mass is 10.1. The van der Waals surface area contributed by atoms with Gasteiger partial charge in [-0.05, 0) is 24.1 Å². The topological polar surface area (TPSA) is 71.0 Å². The van der Waals surface area contributed by atoms with E-state index >= 15 is 0 Å². The van der Waals surface area contributed by atoms with E-state index in [1.54, 1.807) is 23.6 Å². The third kappa shape index (κ3) is 4.47. The summed E-state index contributed by atoms with van der Waals surface area (Å²) in [5.74, 6) is 0.543. The summed E-state index contributed by atoms with van der Waals surface area (Å²) in [6.45, 7) is 5.64. The van der Waals surface area contributed by atoms with Gasteiger partial charge >= 0.3 is 0 Å². The monoisotopic (exact) mass is 399 g/mol. The Balaban J connectivity index is 1.70. The molecule has 2 atom stereocenters. The number of fused-ring (bicyclic) bond motifs is 1.